The fourth-order valence-corrected chi connectivity index (χ4v) is 3.95. The molecule has 0 aliphatic carbocycles. The predicted molar refractivity (Wildman–Crippen MR) is 136 cm³/mol. The minimum atomic E-state index is -0.904. The summed E-state index contributed by atoms with van der Waals surface area (Å²) in [6, 6.07) is 19.6. The standard InChI is InChI=1S/C27H29N3O6/c1-17-12-23(35-16-22(32)15-31)10-11-24(17)25-5-3-4-20(18(25)2)13-28-21-8-6-19(7-9-21)14-30-26(33)29-27(34)36-30/h3-12,22,28,31-32H,13-16H2,1-2H3,(H,29,33,34)/t22-/m1/s1. The Kier molecular flexibility index (Phi) is 7.72. The molecule has 36 heavy (non-hydrogen) atoms. The van der Waals surface area contributed by atoms with E-state index < -0.39 is 17.5 Å². The van der Waals surface area contributed by atoms with Gasteiger partial charge in [0.15, 0.2) is 0 Å². The Morgan fingerprint density at radius 3 is 2.50 bits per heavy atom. The number of H-pyrrole nitrogens is 1. The number of nitrogens with one attached hydrogen (secondary N) is 2. The van der Waals surface area contributed by atoms with Crippen molar-refractivity contribution >= 4 is 5.69 Å². The number of benzene rings is 3. The lowest BCUT2D eigenvalue weighted by atomic mass is 9.93. The first-order valence-electron chi connectivity index (χ1n) is 11.6. The number of aryl methyl sites for hydroxylation is 1. The third-order valence-corrected chi connectivity index (χ3v) is 5.98. The van der Waals surface area contributed by atoms with Crippen LogP contribution in [-0.2, 0) is 13.1 Å². The van der Waals surface area contributed by atoms with Gasteiger partial charge in [-0.2, -0.15) is 0 Å². The van der Waals surface area contributed by atoms with Gasteiger partial charge in [0, 0.05) is 12.2 Å². The number of hydrogen-bond donors (Lipinski definition) is 4. The van der Waals surface area contributed by atoms with Crippen molar-refractivity contribution in [3.8, 4) is 16.9 Å². The zero-order valence-corrected chi connectivity index (χ0v) is 20.2. The van der Waals surface area contributed by atoms with Crippen LogP contribution in [0.1, 0.15) is 22.3 Å². The number of aliphatic hydroxyl groups is 2. The fourth-order valence-electron chi connectivity index (χ4n) is 3.95. The molecule has 4 aromatic rings. The van der Waals surface area contributed by atoms with Crippen LogP contribution in [0.3, 0.4) is 0 Å². The molecule has 0 unspecified atom stereocenters. The molecule has 0 saturated heterocycles. The van der Waals surface area contributed by atoms with Crippen LogP contribution >= 0.6 is 0 Å². The van der Waals surface area contributed by atoms with Crippen molar-refractivity contribution in [1.29, 1.82) is 0 Å². The van der Waals surface area contributed by atoms with Crippen LogP contribution < -0.4 is 21.5 Å². The van der Waals surface area contributed by atoms with Crippen LogP contribution in [0.4, 0.5) is 5.69 Å². The fraction of sp³-hybridized carbons (Fsp3) is 0.259. The molecule has 9 heteroatoms. The molecule has 0 aliphatic heterocycles. The van der Waals surface area contributed by atoms with E-state index in [-0.39, 0.29) is 19.8 Å². The Labute approximate surface area is 207 Å². The second kappa shape index (κ2) is 11.1. The van der Waals surface area contributed by atoms with Crippen LogP contribution in [0.15, 0.2) is 74.8 Å². The summed E-state index contributed by atoms with van der Waals surface area (Å²) in [5.41, 5.74) is 6.77. The largest absolute Gasteiger partial charge is 0.491 e. The Morgan fingerprint density at radius 2 is 1.83 bits per heavy atom. The molecule has 188 valence electrons. The summed E-state index contributed by atoms with van der Waals surface area (Å²) in [7, 11) is 0. The molecule has 9 nitrogen and oxygen atoms in total. The number of rotatable bonds is 10. The molecule has 0 saturated carbocycles. The molecule has 4 N–H and O–H groups in total. The summed E-state index contributed by atoms with van der Waals surface area (Å²) in [5.74, 6) is -0.126. The second-order valence-corrected chi connectivity index (χ2v) is 8.61. The van der Waals surface area contributed by atoms with E-state index in [1.807, 2.05) is 55.5 Å². The van der Waals surface area contributed by atoms with Gasteiger partial charge in [-0.1, -0.05) is 36.4 Å². The highest BCUT2D eigenvalue weighted by Gasteiger charge is 2.11. The second-order valence-electron chi connectivity index (χ2n) is 8.61. The Balaban J connectivity index is 1.43. The molecule has 0 amide bonds. The number of ether oxygens (including phenoxy) is 1. The lowest BCUT2D eigenvalue weighted by molar-refractivity contribution is 0.0536. The highest BCUT2D eigenvalue weighted by atomic mass is 16.5. The van der Waals surface area contributed by atoms with Crippen molar-refractivity contribution in [1.82, 2.24) is 9.72 Å². The van der Waals surface area contributed by atoms with Crippen LogP contribution in [0, 0.1) is 13.8 Å². The SMILES string of the molecule is Cc1cc(OC[C@H](O)CO)ccc1-c1cccc(CNc2ccc(Cn3oc(=O)[nH]c3=O)cc2)c1C. The molecule has 0 bridgehead atoms. The highest BCUT2D eigenvalue weighted by Crippen LogP contribution is 2.31. The van der Waals surface area contributed by atoms with Crippen LogP contribution in [0.25, 0.3) is 11.1 Å². The maximum absolute atomic E-state index is 11.6. The Hall–Kier alpha value is -4.08. The van der Waals surface area contributed by atoms with Gasteiger partial charge in [0.05, 0.1) is 13.2 Å². The van der Waals surface area contributed by atoms with E-state index in [2.05, 4.69) is 29.4 Å². The average molecular weight is 492 g/mol. The topological polar surface area (TPSA) is 130 Å². The quantitative estimate of drug-likeness (QED) is 0.268. The number of aromatic amines is 1. The average Bonchev–Trinajstić information content (AvgIpc) is 3.19. The third-order valence-electron chi connectivity index (χ3n) is 5.98. The minimum absolute atomic E-state index is 0.0392. The van der Waals surface area contributed by atoms with Crippen molar-refractivity contribution in [3.05, 3.63) is 104 Å². The van der Waals surface area contributed by atoms with Gasteiger partial charge in [0.2, 0.25) is 0 Å². The Morgan fingerprint density at radius 1 is 1.06 bits per heavy atom. The first kappa shape index (κ1) is 25.0. The lowest BCUT2D eigenvalue weighted by Gasteiger charge is -2.16. The van der Waals surface area contributed by atoms with Crippen molar-refractivity contribution in [3.63, 3.8) is 0 Å². The van der Waals surface area contributed by atoms with Gasteiger partial charge < -0.3 is 24.8 Å². The zero-order chi connectivity index (χ0) is 25.7. The van der Waals surface area contributed by atoms with E-state index in [0.29, 0.717) is 12.3 Å². The molecular formula is C27H29N3O6. The predicted octanol–water partition coefficient (Wildman–Crippen LogP) is 2.81. The number of nitrogens with zero attached hydrogens (tertiary/aromatic N) is 1. The Bertz CT molecular complexity index is 1440. The lowest BCUT2D eigenvalue weighted by Crippen LogP contribution is -2.21. The van der Waals surface area contributed by atoms with Crippen molar-refractivity contribution < 1.29 is 19.5 Å². The summed E-state index contributed by atoms with van der Waals surface area (Å²) < 4.78 is 11.4. The molecule has 0 fully saturated rings. The number of hydrogen-bond acceptors (Lipinski definition) is 7. The molecule has 3 aromatic carbocycles. The summed E-state index contributed by atoms with van der Waals surface area (Å²) in [5, 5.41) is 21.9. The number of anilines is 1. The van der Waals surface area contributed by atoms with Crippen molar-refractivity contribution in [2.24, 2.45) is 0 Å². The van der Waals surface area contributed by atoms with Gasteiger partial charge >= 0.3 is 11.4 Å². The van der Waals surface area contributed by atoms with E-state index in [9.17, 15) is 14.7 Å². The number of aliphatic hydroxyl groups excluding tert-OH is 2. The molecular weight excluding hydrogens is 462 g/mol. The molecule has 1 heterocycles. The van der Waals surface area contributed by atoms with Crippen molar-refractivity contribution in [2.45, 2.75) is 33.0 Å². The molecule has 4 rings (SSSR count). The van der Waals surface area contributed by atoms with Gasteiger partial charge in [-0.05, 0) is 71.5 Å². The van der Waals surface area contributed by atoms with Gasteiger partial charge in [-0.15, -0.1) is 4.74 Å². The maximum atomic E-state index is 11.6. The molecule has 1 atom stereocenters. The van der Waals surface area contributed by atoms with Crippen molar-refractivity contribution in [2.75, 3.05) is 18.5 Å². The first-order valence-corrected chi connectivity index (χ1v) is 11.6. The maximum Gasteiger partial charge on any atom is 0.440 e. The zero-order valence-electron chi connectivity index (χ0n) is 20.2. The van der Waals surface area contributed by atoms with E-state index in [0.717, 1.165) is 43.8 Å². The normalized spacial score (nSPS) is 11.9. The summed E-state index contributed by atoms with van der Waals surface area (Å²) in [4.78, 5) is 24.8. The summed E-state index contributed by atoms with van der Waals surface area (Å²) >= 11 is 0. The summed E-state index contributed by atoms with van der Waals surface area (Å²) in [6.07, 6.45) is -0.904. The van der Waals surface area contributed by atoms with E-state index in [1.165, 1.54) is 0 Å². The van der Waals surface area contributed by atoms with Crippen LogP contribution in [-0.4, -0.2) is 39.3 Å². The minimum Gasteiger partial charge on any atom is -0.491 e. The molecule has 0 spiro atoms. The summed E-state index contributed by atoms with van der Waals surface area (Å²) in [6.45, 7) is 4.62. The van der Waals surface area contributed by atoms with Gasteiger partial charge in [0.1, 0.15) is 18.5 Å². The van der Waals surface area contributed by atoms with Crippen LogP contribution in [0.5, 0.6) is 5.75 Å². The molecule has 0 radical (unpaired) electrons. The molecule has 1 aromatic heterocycles. The van der Waals surface area contributed by atoms with E-state index >= 15 is 0 Å². The van der Waals surface area contributed by atoms with E-state index in [1.54, 1.807) is 0 Å². The highest BCUT2D eigenvalue weighted by molar-refractivity contribution is 5.72. The molecule has 0 aliphatic rings. The number of aromatic nitrogens is 2. The van der Waals surface area contributed by atoms with Gasteiger partial charge in [0.25, 0.3) is 0 Å². The monoisotopic (exact) mass is 491 g/mol. The van der Waals surface area contributed by atoms with E-state index in [4.69, 9.17) is 14.4 Å². The van der Waals surface area contributed by atoms with Crippen LogP contribution in [0.2, 0.25) is 0 Å². The first-order chi connectivity index (χ1) is 17.3. The smallest absolute Gasteiger partial charge is 0.440 e. The van der Waals surface area contributed by atoms with Gasteiger partial charge in [-0.25, -0.2) is 14.6 Å². The van der Waals surface area contributed by atoms with Gasteiger partial charge in [-0.3, -0.25) is 0 Å². The third kappa shape index (κ3) is 5.94.